The highest BCUT2D eigenvalue weighted by molar-refractivity contribution is 6.15. The van der Waals surface area contributed by atoms with Crippen LogP contribution in [0.1, 0.15) is 11.5 Å². The van der Waals surface area contributed by atoms with Crippen LogP contribution in [0.15, 0.2) is 140 Å². The van der Waals surface area contributed by atoms with Crippen LogP contribution in [0.25, 0.3) is 38.8 Å². The molecule has 0 saturated heterocycles. The number of anilines is 2. The summed E-state index contributed by atoms with van der Waals surface area (Å²) in [5, 5.41) is 2.53. The number of aromatic nitrogens is 2. The average molecular weight is 488 g/mol. The number of para-hydroxylation sites is 2. The van der Waals surface area contributed by atoms with E-state index in [0.717, 1.165) is 17.1 Å². The van der Waals surface area contributed by atoms with Gasteiger partial charge >= 0.3 is 0 Å². The van der Waals surface area contributed by atoms with Crippen LogP contribution < -0.4 is 4.90 Å². The molecular weight excluding hydrogens is 462 g/mol. The molecule has 0 fully saturated rings. The molecule has 1 aliphatic carbocycles. The highest BCUT2D eigenvalue weighted by atomic mass is 15.3. The summed E-state index contributed by atoms with van der Waals surface area (Å²) in [5.41, 5.74) is 8.31. The van der Waals surface area contributed by atoms with E-state index in [9.17, 15) is 0 Å². The van der Waals surface area contributed by atoms with E-state index < -0.39 is 0 Å². The standard InChI is InChI=1S/C35H25N3/c1-3-12-24(13-4-1)30-18-11-21-33(36-30)38-32-20-10-8-17-27(32)29-23-22-28-26-16-7-9-19-31(26)37(34(28)35(29)38)25-14-5-2-6-15-25/h1-23,27,32H. The fourth-order valence-corrected chi connectivity index (χ4v) is 6.30. The Balaban J connectivity index is 1.46. The number of rotatable bonds is 3. The van der Waals surface area contributed by atoms with Crippen molar-refractivity contribution in [2.24, 2.45) is 0 Å². The summed E-state index contributed by atoms with van der Waals surface area (Å²) in [6.07, 6.45) is 9.01. The van der Waals surface area contributed by atoms with E-state index in [1.54, 1.807) is 0 Å². The molecule has 6 aromatic rings. The first-order valence-electron chi connectivity index (χ1n) is 13.2. The molecule has 2 unspecified atom stereocenters. The summed E-state index contributed by atoms with van der Waals surface area (Å²) in [4.78, 5) is 7.70. The summed E-state index contributed by atoms with van der Waals surface area (Å²) in [5.74, 6) is 1.24. The third-order valence-corrected chi connectivity index (χ3v) is 7.91. The van der Waals surface area contributed by atoms with Crippen molar-refractivity contribution in [1.29, 1.82) is 0 Å². The maximum Gasteiger partial charge on any atom is 0.134 e. The number of allylic oxidation sites excluding steroid dienone is 2. The van der Waals surface area contributed by atoms with E-state index in [-0.39, 0.29) is 12.0 Å². The third kappa shape index (κ3) is 3.05. The van der Waals surface area contributed by atoms with Crippen molar-refractivity contribution in [3.8, 4) is 16.9 Å². The number of hydrogen-bond donors (Lipinski definition) is 0. The van der Waals surface area contributed by atoms with Crippen molar-refractivity contribution >= 4 is 33.3 Å². The molecule has 2 aliphatic rings. The Kier molecular flexibility index (Phi) is 4.65. The van der Waals surface area contributed by atoms with Crippen molar-refractivity contribution in [1.82, 2.24) is 9.55 Å². The molecule has 3 heterocycles. The summed E-state index contributed by atoms with van der Waals surface area (Å²) in [7, 11) is 0. The maximum absolute atomic E-state index is 5.24. The van der Waals surface area contributed by atoms with Crippen LogP contribution in [0, 0.1) is 0 Å². The van der Waals surface area contributed by atoms with Gasteiger partial charge in [-0.15, -0.1) is 0 Å². The predicted molar refractivity (Wildman–Crippen MR) is 157 cm³/mol. The Morgan fingerprint density at radius 3 is 2.24 bits per heavy atom. The van der Waals surface area contributed by atoms with Gasteiger partial charge in [0.15, 0.2) is 0 Å². The van der Waals surface area contributed by atoms with Crippen LogP contribution in [0.3, 0.4) is 0 Å². The molecule has 3 nitrogen and oxygen atoms in total. The highest BCUT2D eigenvalue weighted by Gasteiger charge is 2.40. The van der Waals surface area contributed by atoms with Gasteiger partial charge in [-0.1, -0.05) is 109 Å². The topological polar surface area (TPSA) is 21.1 Å². The van der Waals surface area contributed by atoms with Gasteiger partial charge in [-0.25, -0.2) is 4.98 Å². The zero-order valence-electron chi connectivity index (χ0n) is 20.8. The molecular formula is C35H25N3. The molecule has 0 spiro atoms. The minimum absolute atomic E-state index is 0.168. The zero-order chi connectivity index (χ0) is 25.1. The van der Waals surface area contributed by atoms with E-state index in [2.05, 4.69) is 143 Å². The lowest BCUT2D eigenvalue weighted by Gasteiger charge is -2.28. The number of hydrogen-bond acceptors (Lipinski definition) is 2. The second-order valence-corrected chi connectivity index (χ2v) is 9.99. The number of nitrogens with zero attached hydrogens (tertiary/aromatic N) is 3. The van der Waals surface area contributed by atoms with Crippen molar-refractivity contribution in [2.45, 2.75) is 12.0 Å². The lowest BCUT2D eigenvalue weighted by molar-refractivity contribution is 0.738. The molecule has 1 aliphatic heterocycles. The number of benzene rings is 4. The molecule has 0 radical (unpaired) electrons. The average Bonchev–Trinajstić information content (AvgIpc) is 3.51. The summed E-state index contributed by atoms with van der Waals surface area (Å²) in [6.45, 7) is 0. The van der Waals surface area contributed by atoms with Crippen molar-refractivity contribution in [2.75, 3.05) is 4.90 Å². The van der Waals surface area contributed by atoms with Crippen molar-refractivity contribution in [3.63, 3.8) is 0 Å². The SMILES string of the molecule is C1=CC2c3ccc4c5ccccc5n(-c5ccccc5)c4c3N(c3cccc(-c4ccccc4)n3)C2C=C1. The fourth-order valence-electron chi connectivity index (χ4n) is 6.30. The summed E-state index contributed by atoms with van der Waals surface area (Å²) >= 11 is 0. The first kappa shape index (κ1) is 21.2. The van der Waals surface area contributed by atoms with Gasteiger partial charge in [0, 0.05) is 27.9 Å². The Bertz CT molecular complexity index is 1880. The van der Waals surface area contributed by atoms with E-state index in [0.29, 0.717) is 0 Å². The first-order valence-corrected chi connectivity index (χ1v) is 13.2. The minimum atomic E-state index is 0.168. The second-order valence-electron chi connectivity index (χ2n) is 9.99. The molecule has 0 N–H and O–H groups in total. The van der Waals surface area contributed by atoms with Crippen LogP contribution in [-0.4, -0.2) is 15.6 Å². The molecule has 3 heteroatoms. The monoisotopic (exact) mass is 487 g/mol. The second kappa shape index (κ2) is 8.32. The van der Waals surface area contributed by atoms with Gasteiger partial charge in [0.2, 0.25) is 0 Å². The van der Waals surface area contributed by atoms with Gasteiger partial charge in [0.25, 0.3) is 0 Å². The molecule has 4 aromatic carbocycles. The third-order valence-electron chi connectivity index (χ3n) is 7.91. The van der Waals surface area contributed by atoms with Crippen LogP contribution in [-0.2, 0) is 0 Å². The van der Waals surface area contributed by atoms with E-state index in [1.165, 1.54) is 38.7 Å². The van der Waals surface area contributed by atoms with E-state index in [4.69, 9.17) is 4.98 Å². The fraction of sp³-hybridized carbons (Fsp3) is 0.0571. The Hall–Kier alpha value is -4.89. The lowest BCUT2D eigenvalue weighted by atomic mass is 9.91. The Morgan fingerprint density at radius 1 is 0.605 bits per heavy atom. The largest absolute Gasteiger partial charge is 0.316 e. The number of pyridine rings is 1. The quantitative estimate of drug-likeness (QED) is 0.249. The highest BCUT2D eigenvalue weighted by Crippen LogP contribution is 2.52. The predicted octanol–water partition coefficient (Wildman–Crippen LogP) is 8.58. The van der Waals surface area contributed by atoms with Gasteiger partial charge in [0.05, 0.1) is 28.5 Å². The molecule has 2 atom stereocenters. The first-order chi connectivity index (χ1) is 18.9. The minimum Gasteiger partial charge on any atom is -0.316 e. The summed E-state index contributed by atoms with van der Waals surface area (Å²) < 4.78 is 2.43. The van der Waals surface area contributed by atoms with E-state index in [1.807, 2.05) is 6.07 Å². The maximum atomic E-state index is 5.24. The normalized spacial score (nSPS) is 17.7. The van der Waals surface area contributed by atoms with Crippen LogP contribution in [0.4, 0.5) is 11.5 Å². The smallest absolute Gasteiger partial charge is 0.134 e. The van der Waals surface area contributed by atoms with Gasteiger partial charge in [-0.2, -0.15) is 0 Å². The van der Waals surface area contributed by atoms with Crippen LogP contribution in [0.2, 0.25) is 0 Å². The van der Waals surface area contributed by atoms with Crippen molar-refractivity contribution < 1.29 is 0 Å². The van der Waals surface area contributed by atoms with Crippen LogP contribution in [0.5, 0.6) is 0 Å². The van der Waals surface area contributed by atoms with Gasteiger partial charge in [-0.05, 0) is 35.9 Å². The van der Waals surface area contributed by atoms with Crippen LogP contribution >= 0.6 is 0 Å². The van der Waals surface area contributed by atoms with Gasteiger partial charge < -0.3 is 9.47 Å². The van der Waals surface area contributed by atoms with Crippen molar-refractivity contribution in [3.05, 3.63) is 145 Å². The molecule has 0 bridgehead atoms. The molecule has 38 heavy (non-hydrogen) atoms. The lowest BCUT2D eigenvalue weighted by Crippen LogP contribution is -2.29. The molecule has 8 rings (SSSR count). The van der Waals surface area contributed by atoms with Gasteiger partial charge in [0.1, 0.15) is 5.82 Å². The molecule has 2 aromatic heterocycles. The van der Waals surface area contributed by atoms with Gasteiger partial charge in [-0.3, -0.25) is 0 Å². The Morgan fingerprint density at radius 2 is 1.37 bits per heavy atom. The summed E-state index contributed by atoms with van der Waals surface area (Å²) in [6, 6.07) is 41.1. The molecule has 180 valence electrons. The zero-order valence-corrected chi connectivity index (χ0v) is 20.8. The molecule has 0 saturated carbocycles. The molecule has 0 amide bonds. The Labute approximate surface area is 221 Å². The number of fused-ring (bicyclic) bond motifs is 7. The van der Waals surface area contributed by atoms with E-state index >= 15 is 0 Å².